The fourth-order valence-electron chi connectivity index (χ4n) is 2.93. The highest BCUT2D eigenvalue weighted by molar-refractivity contribution is 7.84. The third-order valence-electron chi connectivity index (χ3n) is 4.02. The van der Waals surface area contributed by atoms with E-state index in [0.717, 1.165) is 5.56 Å². The molecule has 2 atom stereocenters. The van der Waals surface area contributed by atoms with E-state index in [2.05, 4.69) is 0 Å². The Morgan fingerprint density at radius 3 is 2.57 bits per heavy atom. The molecule has 0 unspecified atom stereocenters. The number of nitrogens with two attached hydrogens (primary N) is 1. The van der Waals surface area contributed by atoms with Crippen molar-refractivity contribution in [1.29, 1.82) is 0 Å². The molecule has 8 nitrogen and oxygen atoms in total. The van der Waals surface area contributed by atoms with E-state index in [-0.39, 0.29) is 12.5 Å². The molecular formula is C14H15N3O5S. The van der Waals surface area contributed by atoms with Crippen LogP contribution in [0, 0.1) is 0 Å². The van der Waals surface area contributed by atoms with E-state index in [1.807, 2.05) is 0 Å². The van der Waals surface area contributed by atoms with E-state index >= 15 is 0 Å². The van der Waals surface area contributed by atoms with Gasteiger partial charge in [0.1, 0.15) is 6.04 Å². The molecule has 2 aliphatic heterocycles. The van der Waals surface area contributed by atoms with Gasteiger partial charge in [-0.15, -0.1) is 0 Å². The Labute approximate surface area is 133 Å². The number of hydrogen-bond acceptors (Lipinski definition) is 5. The zero-order valence-corrected chi connectivity index (χ0v) is 12.8. The van der Waals surface area contributed by atoms with Gasteiger partial charge in [-0.1, -0.05) is 12.1 Å². The van der Waals surface area contributed by atoms with Gasteiger partial charge in [0.15, 0.2) is 0 Å². The lowest BCUT2D eigenvalue weighted by Crippen LogP contribution is -2.68. The van der Waals surface area contributed by atoms with Gasteiger partial charge in [-0.05, 0) is 30.2 Å². The molecule has 0 spiro atoms. The van der Waals surface area contributed by atoms with Crippen LogP contribution in [0.15, 0.2) is 30.3 Å². The minimum atomic E-state index is -4.56. The van der Waals surface area contributed by atoms with Gasteiger partial charge in [-0.25, -0.2) is 4.31 Å². The topological polar surface area (TPSA) is 121 Å². The average Bonchev–Trinajstić information content (AvgIpc) is 2.83. The van der Waals surface area contributed by atoms with Crippen LogP contribution in [-0.2, 0) is 19.9 Å². The third kappa shape index (κ3) is 2.68. The Bertz CT molecular complexity index is 787. The summed E-state index contributed by atoms with van der Waals surface area (Å²) in [4.78, 5) is 25.4. The van der Waals surface area contributed by atoms with Gasteiger partial charge >= 0.3 is 10.3 Å². The summed E-state index contributed by atoms with van der Waals surface area (Å²) >= 11 is 0. The van der Waals surface area contributed by atoms with Crippen molar-refractivity contribution in [3.63, 3.8) is 0 Å². The highest BCUT2D eigenvalue weighted by Crippen LogP contribution is 2.35. The number of carbonyl (C=O) groups excluding carboxylic acids is 2. The molecule has 2 amide bonds. The van der Waals surface area contributed by atoms with Crippen LogP contribution in [0.4, 0.5) is 5.69 Å². The summed E-state index contributed by atoms with van der Waals surface area (Å²) < 4.78 is 31.7. The molecule has 1 aromatic carbocycles. The summed E-state index contributed by atoms with van der Waals surface area (Å²) in [7, 11) is -4.56. The molecule has 1 aromatic rings. The van der Waals surface area contributed by atoms with Crippen LogP contribution in [0.2, 0.25) is 0 Å². The van der Waals surface area contributed by atoms with Crippen molar-refractivity contribution in [2.45, 2.75) is 18.5 Å². The molecular weight excluding hydrogens is 322 g/mol. The second kappa shape index (κ2) is 5.36. The number of likely N-dealkylation sites (tertiary alicyclic amines) is 1. The van der Waals surface area contributed by atoms with Crippen molar-refractivity contribution in [3.8, 4) is 0 Å². The van der Waals surface area contributed by atoms with Crippen molar-refractivity contribution in [3.05, 3.63) is 35.9 Å². The van der Waals surface area contributed by atoms with Crippen molar-refractivity contribution >= 4 is 33.9 Å². The Hall–Kier alpha value is -2.39. The maximum absolute atomic E-state index is 12.2. The van der Waals surface area contributed by atoms with Crippen molar-refractivity contribution in [2.24, 2.45) is 0 Å². The molecule has 3 N–H and O–H groups in total. The molecule has 2 aliphatic rings. The maximum Gasteiger partial charge on any atom is 0.362 e. The Kier molecular flexibility index (Phi) is 3.61. The van der Waals surface area contributed by atoms with Crippen LogP contribution in [-0.4, -0.2) is 52.6 Å². The number of β-lactam (4-membered cyclic amide) rings is 1. The Morgan fingerprint density at radius 1 is 1.30 bits per heavy atom. The Morgan fingerprint density at radius 2 is 1.96 bits per heavy atom. The molecule has 0 radical (unpaired) electrons. The molecule has 23 heavy (non-hydrogen) atoms. The monoisotopic (exact) mass is 337 g/mol. The van der Waals surface area contributed by atoms with E-state index in [1.54, 1.807) is 30.3 Å². The predicted molar refractivity (Wildman–Crippen MR) is 82.2 cm³/mol. The van der Waals surface area contributed by atoms with Crippen LogP contribution < -0.4 is 5.73 Å². The molecule has 122 valence electrons. The first-order valence-corrected chi connectivity index (χ1v) is 8.33. The molecule has 2 heterocycles. The first kappa shape index (κ1) is 15.5. The first-order valence-electron chi connectivity index (χ1n) is 6.94. The van der Waals surface area contributed by atoms with Crippen LogP contribution in [0.3, 0.4) is 0 Å². The first-order chi connectivity index (χ1) is 10.8. The molecule has 3 rings (SSSR count). The fraction of sp³-hybridized carbons (Fsp3) is 0.286. The number of nitrogen functional groups attached to an aromatic ring is 1. The van der Waals surface area contributed by atoms with Gasteiger partial charge in [-0.3, -0.25) is 14.1 Å². The summed E-state index contributed by atoms with van der Waals surface area (Å²) in [6.45, 7) is 0.262. The summed E-state index contributed by atoms with van der Waals surface area (Å²) in [6, 6.07) is 5.41. The minimum absolute atomic E-state index is 0.262. The standard InChI is InChI=1S/C14H15N3O5S/c15-10-4-1-9(2-5-10)3-6-12(18)16-8-7-11-13(16)14(19)17(11)23(20,21)22/h1-6,11,13H,7-8,15H2,(H,20,21,22)/t11-,13+/m1/s1. The van der Waals surface area contributed by atoms with E-state index in [9.17, 15) is 18.0 Å². The number of fused-ring (bicyclic) bond motifs is 1. The lowest BCUT2D eigenvalue weighted by atomic mass is 10.0. The summed E-state index contributed by atoms with van der Waals surface area (Å²) in [6.07, 6.45) is 3.24. The van der Waals surface area contributed by atoms with Crippen LogP contribution in [0.25, 0.3) is 6.08 Å². The van der Waals surface area contributed by atoms with Crippen molar-refractivity contribution in [2.75, 3.05) is 12.3 Å². The maximum atomic E-state index is 12.2. The molecule has 0 aromatic heterocycles. The second-order valence-electron chi connectivity index (χ2n) is 5.44. The fourth-order valence-corrected chi connectivity index (χ4v) is 3.83. The normalized spacial score (nSPS) is 24.0. The Balaban J connectivity index is 1.71. The largest absolute Gasteiger partial charge is 0.399 e. The number of carbonyl (C=O) groups is 2. The smallest absolute Gasteiger partial charge is 0.362 e. The third-order valence-corrected chi connectivity index (χ3v) is 4.97. The van der Waals surface area contributed by atoms with E-state index in [0.29, 0.717) is 16.4 Å². The van der Waals surface area contributed by atoms with Gasteiger partial charge in [0, 0.05) is 18.3 Å². The van der Waals surface area contributed by atoms with Crippen LogP contribution in [0.1, 0.15) is 12.0 Å². The van der Waals surface area contributed by atoms with Crippen LogP contribution in [0.5, 0.6) is 0 Å². The SMILES string of the molecule is Nc1ccc(C=CC(=O)N2CC[C@@H]3[C@H]2C(=O)N3S(=O)(=O)O)cc1. The zero-order valence-electron chi connectivity index (χ0n) is 12.0. The summed E-state index contributed by atoms with van der Waals surface area (Å²) in [5, 5.41) is 0. The van der Waals surface area contributed by atoms with Gasteiger partial charge < -0.3 is 10.6 Å². The zero-order chi connectivity index (χ0) is 16.8. The van der Waals surface area contributed by atoms with Crippen molar-refractivity contribution in [1.82, 2.24) is 9.21 Å². The molecule has 0 bridgehead atoms. The molecule has 2 fully saturated rings. The number of amides is 2. The van der Waals surface area contributed by atoms with Gasteiger partial charge in [-0.2, -0.15) is 8.42 Å². The quantitative estimate of drug-likeness (QED) is 0.344. The highest BCUT2D eigenvalue weighted by Gasteiger charge is 2.59. The lowest BCUT2D eigenvalue weighted by Gasteiger charge is -2.42. The molecule has 0 saturated carbocycles. The number of benzene rings is 1. The van der Waals surface area contributed by atoms with E-state index < -0.39 is 28.3 Å². The predicted octanol–water partition coefficient (Wildman–Crippen LogP) is -0.103. The average molecular weight is 337 g/mol. The number of rotatable bonds is 3. The lowest BCUT2D eigenvalue weighted by molar-refractivity contribution is -0.149. The number of hydrogen-bond donors (Lipinski definition) is 2. The summed E-state index contributed by atoms with van der Waals surface area (Å²) in [5.41, 5.74) is 6.97. The van der Waals surface area contributed by atoms with Gasteiger partial charge in [0.2, 0.25) is 5.91 Å². The van der Waals surface area contributed by atoms with E-state index in [1.165, 1.54) is 11.0 Å². The van der Waals surface area contributed by atoms with Gasteiger partial charge in [0.05, 0.1) is 6.04 Å². The number of anilines is 1. The highest BCUT2D eigenvalue weighted by atomic mass is 32.2. The molecule has 2 saturated heterocycles. The summed E-state index contributed by atoms with van der Waals surface area (Å²) in [5.74, 6) is -1.15. The molecule has 9 heteroatoms. The van der Waals surface area contributed by atoms with Crippen LogP contribution >= 0.6 is 0 Å². The molecule has 0 aliphatic carbocycles. The minimum Gasteiger partial charge on any atom is -0.399 e. The number of nitrogens with zero attached hydrogens (tertiary/aromatic N) is 2. The van der Waals surface area contributed by atoms with E-state index in [4.69, 9.17) is 10.3 Å². The van der Waals surface area contributed by atoms with Gasteiger partial charge in [0.25, 0.3) is 5.91 Å². The van der Waals surface area contributed by atoms with Crippen molar-refractivity contribution < 1.29 is 22.6 Å². The second-order valence-corrected chi connectivity index (χ2v) is 6.73.